The molecule has 0 unspecified atom stereocenters. The zero-order chi connectivity index (χ0) is 20.0. The number of anilines is 1. The van der Waals surface area contributed by atoms with Gasteiger partial charge in [-0.3, -0.25) is 9.10 Å². The predicted molar refractivity (Wildman–Crippen MR) is 103 cm³/mol. The SMILES string of the molecule is Cc1ccccc1OC[C@H](C)NC(=O)CN(c1ccccc1F)S(C)(=O)=O. The zero-order valence-corrected chi connectivity index (χ0v) is 16.3. The number of para-hydroxylation sites is 2. The van der Waals surface area contributed by atoms with Crippen LogP contribution >= 0.6 is 0 Å². The van der Waals surface area contributed by atoms with E-state index in [1.165, 1.54) is 18.2 Å². The molecule has 0 radical (unpaired) electrons. The van der Waals surface area contributed by atoms with E-state index in [1.54, 1.807) is 6.92 Å². The number of hydrogen-bond acceptors (Lipinski definition) is 4. The van der Waals surface area contributed by atoms with Gasteiger partial charge in [-0.15, -0.1) is 0 Å². The van der Waals surface area contributed by atoms with Crippen LogP contribution in [0.15, 0.2) is 48.5 Å². The van der Waals surface area contributed by atoms with Gasteiger partial charge in [0, 0.05) is 0 Å². The Hall–Kier alpha value is -2.61. The number of aryl methyl sites for hydroxylation is 1. The summed E-state index contributed by atoms with van der Waals surface area (Å²) < 4.78 is 44.4. The van der Waals surface area contributed by atoms with Gasteiger partial charge in [0.1, 0.15) is 24.7 Å². The van der Waals surface area contributed by atoms with Gasteiger partial charge < -0.3 is 10.1 Å². The Morgan fingerprint density at radius 1 is 1.19 bits per heavy atom. The smallest absolute Gasteiger partial charge is 0.241 e. The molecular weight excluding hydrogens is 371 g/mol. The molecule has 146 valence electrons. The van der Waals surface area contributed by atoms with Crippen LogP contribution in [0.4, 0.5) is 10.1 Å². The van der Waals surface area contributed by atoms with Crippen LogP contribution in [0.25, 0.3) is 0 Å². The van der Waals surface area contributed by atoms with Gasteiger partial charge in [0.2, 0.25) is 15.9 Å². The number of carbonyl (C=O) groups is 1. The minimum absolute atomic E-state index is 0.168. The van der Waals surface area contributed by atoms with E-state index in [0.717, 1.165) is 22.2 Å². The second-order valence-corrected chi connectivity index (χ2v) is 8.17. The molecule has 8 heteroatoms. The average Bonchev–Trinajstić information content (AvgIpc) is 2.59. The summed E-state index contributed by atoms with van der Waals surface area (Å²) in [4.78, 5) is 12.3. The average molecular weight is 394 g/mol. The summed E-state index contributed by atoms with van der Waals surface area (Å²) in [5.41, 5.74) is 0.804. The van der Waals surface area contributed by atoms with Gasteiger partial charge in [-0.05, 0) is 37.6 Å². The minimum Gasteiger partial charge on any atom is -0.491 e. The second kappa shape index (κ2) is 8.85. The summed E-state index contributed by atoms with van der Waals surface area (Å²) >= 11 is 0. The lowest BCUT2D eigenvalue weighted by atomic mass is 10.2. The van der Waals surface area contributed by atoms with Gasteiger partial charge in [-0.25, -0.2) is 12.8 Å². The Kier molecular flexibility index (Phi) is 6.79. The third kappa shape index (κ3) is 5.96. The van der Waals surface area contributed by atoms with E-state index in [-0.39, 0.29) is 18.3 Å². The first-order valence-electron chi connectivity index (χ1n) is 8.38. The molecule has 0 heterocycles. The standard InChI is InChI=1S/C19H23FN2O4S/c1-14-8-4-7-11-18(14)26-13-15(2)21-19(23)12-22(27(3,24)25)17-10-6-5-9-16(17)20/h4-11,15H,12-13H2,1-3H3,(H,21,23)/t15-/m0/s1. The number of halogens is 1. The Morgan fingerprint density at radius 2 is 1.81 bits per heavy atom. The molecule has 1 N–H and O–H groups in total. The first kappa shape index (κ1) is 20.7. The van der Waals surface area contributed by atoms with Crippen molar-refractivity contribution >= 4 is 21.6 Å². The monoisotopic (exact) mass is 394 g/mol. The number of carbonyl (C=O) groups excluding carboxylic acids is 1. The Bertz CT molecular complexity index is 902. The van der Waals surface area contributed by atoms with Gasteiger partial charge in [-0.2, -0.15) is 0 Å². The molecule has 0 saturated heterocycles. The van der Waals surface area contributed by atoms with Crippen molar-refractivity contribution in [3.63, 3.8) is 0 Å². The molecule has 0 spiro atoms. The maximum atomic E-state index is 14.0. The van der Waals surface area contributed by atoms with Crippen molar-refractivity contribution in [3.8, 4) is 5.75 Å². The largest absolute Gasteiger partial charge is 0.491 e. The highest BCUT2D eigenvalue weighted by Gasteiger charge is 2.24. The third-order valence-corrected chi connectivity index (χ3v) is 4.92. The van der Waals surface area contributed by atoms with E-state index in [0.29, 0.717) is 5.75 Å². The van der Waals surface area contributed by atoms with Crippen molar-refractivity contribution in [2.75, 3.05) is 23.7 Å². The first-order valence-corrected chi connectivity index (χ1v) is 10.2. The van der Waals surface area contributed by atoms with E-state index >= 15 is 0 Å². The summed E-state index contributed by atoms with van der Waals surface area (Å²) in [5, 5.41) is 2.67. The summed E-state index contributed by atoms with van der Waals surface area (Å²) in [5.74, 6) is -0.557. The lowest BCUT2D eigenvalue weighted by molar-refractivity contribution is -0.120. The van der Waals surface area contributed by atoms with Crippen LogP contribution in [0, 0.1) is 12.7 Å². The Balaban J connectivity index is 1.99. The van der Waals surface area contributed by atoms with Crippen molar-refractivity contribution < 1.29 is 22.3 Å². The van der Waals surface area contributed by atoms with Crippen molar-refractivity contribution in [1.29, 1.82) is 0 Å². The van der Waals surface area contributed by atoms with E-state index in [4.69, 9.17) is 4.74 Å². The van der Waals surface area contributed by atoms with Crippen LogP contribution in [0.5, 0.6) is 5.75 Å². The molecule has 0 saturated carbocycles. The molecule has 2 rings (SSSR count). The number of amides is 1. The summed E-state index contributed by atoms with van der Waals surface area (Å²) in [6.45, 7) is 3.35. The van der Waals surface area contributed by atoms with Gasteiger partial charge >= 0.3 is 0 Å². The van der Waals surface area contributed by atoms with Crippen LogP contribution in [-0.4, -0.2) is 39.8 Å². The molecule has 0 bridgehead atoms. The molecule has 0 aliphatic rings. The molecule has 6 nitrogen and oxygen atoms in total. The van der Waals surface area contributed by atoms with E-state index in [9.17, 15) is 17.6 Å². The van der Waals surface area contributed by atoms with Crippen LogP contribution in [0.1, 0.15) is 12.5 Å². The highest BCUT2D eigenvalue weighted by molar-refractivity contribution is 7.92. The van der Waals surface area contributed by atoms with Crippen molar-refractivity contribution in [2.45, 2.75) is 19.9 Å². The summed E-state index contributed by atoms with van der Waals surface area (Å²) in [6, 6.07) is 12.5. The number of ether oxygens (including phenoxy) is 1. The van der Waals surface area contributed by atoms with Crippen LogP contribution in [0.3, 0.4) is 0 Å². The topological polar surface area (TPSA) is 75.7 Å². The fourth-order valence-electron chi connectivity index (χ4n) is 2.46. The molecule has 0 fully saturated rings. The van der Waals surface area contributed by atoms with Crippen molar-refractivity contribution in [3.05, 3.63) is 59.9 Å². The molecule has 0 aromatic heterocycles. The molecule has 1 amide bonds. The maximum Gasteiger partial charge on any atom is 0.241 e. The number of nitrogens with one attached hydrogen (secondary N) is 1. The first-order chi connectivity index (χ1) is 12.7. The minimum atomic E-state index is -3.83. The predicted octanol–water partition coefficient (Wildman–Crippen LogP) is 2.48. The quantitative estimate of drug-likeness (QED) is 0.746. The molecule has 27 heavy (non-hydrogen) atoms. The summed E-state index contributed by atoms with van der Waals surface area (Å²) in [6.07, 6.45) is 0.928. The van der Waals surface area contributed by atoms with Crippen molar-refractivity contribution in [2.24, 2.45) is 0 Å². The molecule has 0 aliphatic carbocycles. The Morgan fingerprint density at radius 3 is 2.44 bits per heavy atom. The van der Waals surface area contributed by atoms with E-state index in [1.807, 2.05) is 31.2 Å². The lowest BCUT2D eigenvalue weighted by Crippen LogP contribution is -2.45. The van der Waals surface area contributed by atoms with Gasteiger partial charge in [-0.1, -0.05) is 30.3 Å². The maximum absolute atomic E-state index is 14.0. The normalized spacial score (nSPS) is 12.3. The number of nitrogens with zero attached hydrogens (tertiary/aromatic N) is 1. The zero-order valence-electron chi connectivity index (χ0n) is 15.5. The third-order valence-electron chi connectivity index (χ3n) is 3.80. The van der Waals surface area contributed by atoms with E-state index in [2.05, 4.69) is 5.32 Å². The van der Waals surface area contributed by atoms with Gasteiger partial charge in [0.25, 0.3) is 0 Å². The molecule has 1 atom stereocenters. The summed E-state index contributed by atoms with van der Waals surface area (Å²) in [7, 11) is -3.83. The highest BCUT2D eigenvalue weighted by Crippen LogP contribution is 2.21. The van der Waals surface area contributed by atoms with E-state index < -0.39 is 28.3 Å². The van der Waals surface area contributed by atoms with Gasteiger partial charge in [0.15, 0.2) is 0 Å². The molecule has 0 aliphatic heterocycles. The second-order valence-electron chi connectivity index (χ2n) is 6.27. The fourth-order valence-corrected chi connectivity index (χ4v) is 3.32. The van der Waals surface area contributed by atoms with Crippen LogP contribution in [-0.2, 0) is 14.8 Å². The highest BCUT2D eigenvalue weighted by atomic mass is 32.2. The van der Waals surface area contributed by atoms with Gasteiger partial charge in [0.05, 0.1) is 18.0 Å². The lowest BCUT2D eigenvalue weighted by Gasteiger charge is -2.23. The number of rotatable bonds is 8. The number of benzene rings is 2. The molecule has 2 aromatic carbocycles. The van der Waals surface area contributed by atoms with Crippen molar-refractivity contribution in [1.82, 2.24) is 5.32 Å². The fraction of sp³-hybridized carbons (Fsp3) is 0.316. The Labute approximate surface area is 159 Å². The van der Waals surface area contributed by atoms with Crippen LogP contribution < -0.4 is 14.4 Å². The number of hydrogen-bond donors (Lipinski definition) is 1. The molecule has 2 aromatic rings. The number of sulfonamides is 1. The molecular formula is C19H23FN2O4S. The van der Waals surface area contributed by atoms with Crippen LogP contribution in [0.2, 0.25) is 0 Å².